The summed E-state index contributed by atoms with van der Waals surface area (Å²) in [4.78, 5) is 39.7. The molecule has 2 aromatic heterocycles. The van der Waals surface area contributed by atoms with Crippen molar-refractivity contribution in [1.29, 1.82) is 5.26 Å². The Morgan fingerprint density at radius 1 is 1.45 bits per heavy atom. The Balaban J connectivity index is 1.63. The third-order valence-electron chi connectivity index (χ3n) is 5.54. The molecule has 0 aromatic carbocycles. The molecule has 38 heavy (non-hydrogen) atoms. The Morgan fingerprint density at radius 3 is 2.71 bits per heavy atom. The zero-order chi connectivity index (χ0) is 28.0. The van der Waals surface area contributed by atoms with Gasteiger partial charge in [-0.05, 0) is 17.7 Å². The van der Waals surface area contributed by atoms with Gasteiger partial charge in [-0.1, -0.05) is 23.1 Å². The number of hydrogen-bond acceptors (Lipinski definition) is 15. The van der Waals surface area contributed by atoms with Gasteiger partial charge in [0.15, 0.2) is 25.5 Å². The van der Waals surface area contributed by atoms with Crippen molar-refractivity contribution in [2.24, 2.45) is 0 Å². The van der Waals surface area contributed by atoms with Crippen molar-refractivity contribution in [3.8, 4) is 11.9 Å². The third kappa shape index (κ3) is 4.62. The first-order valence-electron chi connectivity index (χ1n) is 10.3. The first kappa shape index (κ1) is 27.8. The molecule has 0 radical (unpaired) electrons. The van der Waals surface area contributed by atoms with Gasteiger partial charge in [-0.3, -0.25) is 14.5 Å². The number of carboxylic acids is 1. The molecule has 2 aliphatic rings. The fraction of sp³-hybridized carbons (Fsp3) is 0.421. The van der Waals surface area contributed by atoms with E-state index in [1.54, 1.807) is 6.92 Å². The predicted molar refractivity (Wildman–Crippen MR) is 131 cm³/mol. The van der Waals surface area contributed by atoms with E-state index in [1.165, 1.54) is 29.2 Å². The van der Waals surface area contributed by atoms with E-state index in [4.69, 9.17) is 9.26 Å². The molecule has 2 amide bonds. The van der Waals surface area contributed by atoms with Crippen LogP contribution in [0.3, 0.4) is 0 Å². The molecular weight excluding hydrogens is 585 g/mol. The number of methoxy groups -OCH3 is 1. The number of nitrogens with zero attached hydrogens (tertiary/aromatic N) is 5. The minimum absolute atomic E-state index is 0.159. The van der Waals surface area contributed by atoms with Crippen LogP contribution in [0.15, 0.2) is 20.1 Å². The molecule has 202 valence electrons. The molecule has 0 aliphatic carbocycles. The molecule has 4 heterocycles. The number of sulfone groups is 1. The Bertz CT molecular complexity index is 1510. The summed E-state index contributed by atoms with van der Waals surface area (Å²) in [6.45, 7) is 1.78. The van der Waals surface area contributed by atoms with Crippen LogP contribution in [0.1, 0.15) is 21.6 Å². The number of fused-ring (bicyclic) bond motifs is 1. The number of amides is 2. The molecule has 0 spiro atoms. The number of carbonyl (C=O) groups is 3. The highest BCUT2D eigenvalue weighted by atomic mass is 32.2. The second kappa shape index (κ2) is 10.2. The Hall–Kier alpha value is -3.18. The van der Waals surface area contributed by atoms with Crippen molar-refractivity contribution < 1.29 is 42.3 Å². The first-order chi connectivity index (χ1) is 17.9. The van der Waals surface area contributed by atoms with Crippen molar-refractivity contribution in [1.82, 2.24) is 25.6 Å². The smallest absolute Gasteiger partial charge is 0.352 e. The molecule has 15 nitrogen and oxygen atoms in total. The van der Waals surface area contributed by atoms with E-state index in [1.807, 2.05) is 0 Å². The van der Waals surface area contributed by atoms with Crippen molar-refractivity contribution in [2.45, 2.75) is 27.6 Å². The molecule has 3 N–H and O–H groups in total. The summed E-state index contributed by atoms with van der Waals surface area (Å²) in [7, 11) is -3.23. The van der Waals surface area contributed by atoms with Gasteiger partial charge >= 0.3 is 5.97 Å². The molecule has 1 saturated heterocycles. The summed E-state index contributed by atoms with van der Waals surface area (Å²) < 4.78 is 35.7. The number of nitrogens with one attached hydrogen (secondary N) is 1. The Kier molecular flexibility index (Phi) is 7.46. The zero-order valence-corrected chi connectivity index (χ0v) is 23.0. The van der Waals surface area contributed by atoms with Crippen LogP contribution in [0.2, 0.25) is 0 Å². The normalized spacial score (nSPS) is 21.9. The van der Waals surface area contributed by atoms with E-state index in [0.717, 1.165) is 28.8 Å². The number of hydrogen-bond donors (Lipinski definition) is 3. The lowest BCUT2D eigenvalue weighted by Crippen LogP contribution is -2.81. The number of carbonyl (C=O) groups excluding carboxylic acids is 2. The Labute approximate surface area is 227 Å². The van der Waals surface area contributed by atoms with E-state index < -0.39 is 61.2 Å². The number of aromatic hydroxyl groups is 1. The van der Waals surface area contributed by atoms with Crippen molar-refractivity contribution in [3.05, 3.63) is 27.6 Å². The molecule has 4 rings (SSSR count). The van der Waals surface area contributed by atoms with Gasteiger partial charge in [-0.2, -0.15) is 5.26 Å². The van der Waals surface area contributed by atoms with Crippen LogP contribution in [-0.4, -0.2) is 92.6 Å². The fourth-order valence-corrected chi connectivity index (χ4v) is 8.27. The summed E-state index contributed by atoms with van der Waals surface area (Å²) >= 11 is 3.71. The Morgan fingerprint density at radius 2 is 2.16 bits per heavy atom. The summed E-state index contributed by atoms with van der Waals surface area (Å²) in [5.74, 6) is -4.89. The maximum Gasteiger partial charge on any atom is 0.352 e. The summed E-state index contributed by atoms with van der Waals surface area (Å²) in [6, 6.07) is 1.52. The minimum atomic E-state index is -4.32. The minimum Gasteiger partial charge on any atom is -0.490 e. The lowest BCUT2D eigenvalue weighted by atomic mass is 9.98. The maximum atomic E-state index is 13.3. The lowest BCUT2D eigenvalue weighted by molar-refractivity contribution is -0.192. The van der Waals surface area contributed by atoms with E-state index >= 15 is 0 Å². The van der Waals surface area contributed by atoms with Crippen LogP contribution in [-0.2, 0) is 29.0 Å². The van der Waals surface area contributed by atoms with E-state index in [9.17, 15) is 38.3 Å². The van der Waals surface area contributed by atoms with Crippen LogP contribution in [0.4, 0.5) is 0 Å². The number of rotatable bonds is 9. The highest BCUT2D eigenvalue weighted by Crippen LogP contribution is 2.48. The monoisotopic (exact) mass is 602 g/mol. The molecular formula is C19H18N6O9S4. The molecule has 0 bridgehead atoms. The fourth-order valence-electron chi connectivity index (χ4n) is 3.87. The second-order valence-electron chi connectivity index (χ2n) is 7.97. The number of aryl methyl sites for hydroxylation is 1. The highest BCUT2D eigenvalue weighted by Gasteiger charge is 2.67. The van der Waals surface area contributed by atoms with Gasteiger partial charge in [0, 0.05) is 24.9 Å². The topological polar surface area (TPSA) is 226 Å². The maximum absolute atomic E-state index is 13.3. The van der Waals surface area contributed by atoms with Crippen LogP contribution in [0, 0.1) is 18.3 Å². The van der Waals surface area contributed by atoms with E-state index in [-0.39, 0.29) is 17.2 Å². The second-order valence-corrected chi connectivity index (χ2v) is 13.6. The highest BCUT2D eigenvalue weighted by molar-refractivity contribution is 8.01. The zero-order valence-electron chi connectivity index (χ0n) is 19.7. The largest absolute Gasteiger partial charge is 0.490 e. The number of carboxylic acid groups (broad SMARTS) is 1. The van der Waals surface area contributed by atoms with Gasteiger partial charge in [0.1, 0.15) is 22.1 Å². The molecule has 0 saturated carbocycles. The average molecular weight is 603 g/mol. The SMILES string of the molecule is CO[C@@]1(NC(=O)C(c2onc(O)c2C#N)S(C)(=O)=O)C(=O)N2C(C(=O)O)=C(CSc3nnc(C)s3)CS[C@H]21. The quantitative estimate of drug-likeness (QED) is 0.195. The van der Waals surface area contributed by atoms with Gasteiger partial charge in [0.05, 0.1) is 0 Å². The average Bonchev–Trinajstić information content (AvgIpc) is 3.43. The lowest BCUT2D eigenvalue weighted by Gasteiger charge is -2.55. The number of nitriles is 1. The standard InChI is InChI=1S/C19H18N6O9S4/c1-7-22-23-18(37-7)36-6-8-5-35-17-19(33-2,16(30)25(17)10(8)15(28)29)21-14(27)12(38(3,31)32)11-9(4-20)13(26)24-34-11/h12,17H,5-6H2,1-3H3,(H,21,27)(H,24,26)(H,28,29)/t12?,17-,19-/m0/s1. The van der Waals surface area contributed by atoms with Gasteiger partial charge < -0.3 is 24.8 Å². The van der Waals surface area contributed by atoms with Gasteiger partial charge in [-0.25, -0.2) is 13.2 Å². The van der Waals surface area contributed by atoms with Gasteiger partial charge in [-0.15, -0.1) is 22.0 Å². The van der Waals surface area contributed by atoms with Gasteiger partial charge in [0.25, 0.3) is 17.5 Å². The molecule has 1 fully saturated rings. The number of ether oxygens (including phenoxy) is 1. The first-order valence-corrected chi connectivity index (χ1v) is 15.1. The van der Waals surface area contributed by atoms with Crippen molar-refractivity contribution in [2.75, 3.05) is 24.9 Å². The number of aliphatic carboxylic acids is 1. The molecule has 19 heteroatoms. The summed E-state index contributed by atoms with van der Waals surface area (Å²) in [5.41, 5.74) is -2.62. The van der Waals surface area contributed by atoms with Crippen LogP contribution >= 0.6 is 34.9 Å². The van der Waals surface area contributed by atoms with E-state index in [2.05, 4.69) is 20.7 Å². The van der Waals surface area contributed by atoms with Crippen LogP contribution in [0.25, 0.3) is 0 Å². The molecule has 3 atom stereocenters. The van der Waals surface area contributed by atoms with Gasteiger partial charge in [0.2, 0.25) is 11.2 Å². The predicted octanol–water partition coefficient (Wildman–Crippen LogP) is 0.00250. The van der Waals surface area contributed by atoms with Crippen LogP contribution < -0.4 is 5.32 Å². The summed E-state index contributed by atoms with van der Waals surface area (Å²) in [6.07, 6.45) is 0.691. The van der Waals surface area contributed by atoms with Crippen molar-refractivity contribution in [3.63, 3.8) is 0 Å². The molecule has 2 aliphatic heterocycles. The third-order valence-corrected chi connectivity index (χ3v) is 10.3. The number of thioether (sulfide) groups is 2. The molecule has 1 unspecified atom stereocenters. The van der Waals surface area contributed by atoms with Crippen LogP contribution in [0.5, 0.6) is 5.88 Å². The molecule has 2 aromatic rings. The number of aromatic nitrogens is 3. The number of β-lactam (4-membered cyclic amide) rings is 1. The summed E-state index contributed by atoms with van der Waals surface area (Å²) in [5, 5.41) is 39.6. The van der Waals surface area contributed by atoms with Crippen molar-refractivity contribution >= 4 is 62.5 Å². The van der Waals surface area contributed by atoms with E-state index in [0.29, 0.717) is 16.2 Å².